The van der Waals surface area contributed by atoms with Crippen LogP contribution in [-0.2, 0) is 19.6 Å². The maximum atomic E-state index is 12.5. The van der Waals surface area contributed by atoms with E-state index >= 15 is 0 Å². The van der Waals surface area contributed by atoms with Crippen LogP contribution in [0.5, 0.6) is 0 Å². The number of anilines is 1. The second-order valence-corrected chi connectivity index (χ2v) is 7.23. The van der Waals surface area contributed by atoms with E-state index in [1.807, 2.05) is 41.1 Å². The van der Waals surface area contributed by atoms with E-state index < -0.39 is 0 Å². The summed E-state index contributed by atoms with van der Waals surface area (Å²) in [7, 11) is 0. The van der Waals surface area contributed by atoms with Gasteiger partial charge >= 0.3 is 6.03 Å². The highest BCUT2D eigenvalue weighted by Crippen LogP contribution is 2.23. The van der Waals surface area contributed by atoms with Crippen LogP contribution < -0.4 is 10.6 Å². The molecule has 1 aliphatic rings. The first-order valence-electron chi connectivity index (χ1n) is 8.71. The van der Waals surface area contributed by atoms with E-state index in [2.05, 4.69) is 10.6 Å². The molecule has 0 fully saturated rings. The third-order valence-corrected chi connectivity index (χ3v) is 5.29. The molecule has 1 aliphatic heterocycles. The fraction of sp³-hybridized carbons (Fsp3) is 0.143. The molecular weight excluding hydrogens is 358 g/mol. The van der Waals surface area contributed by atoms with Gasteiger partial charge in [-0.15, -0.1) is 0 Å². The van der Waals surface area contributed by atoms with E-state index in [1.165, 1.54) is 11.1 Å². The van der Waals surface area contributed by atoms with Crippen molar-refractivity contribution < 1.29 is 9.59 Å². The van der Waals surface area contributed by atoms with Crippen molar-refractivity contribution in [1.82, 2.24) is 10.2 Å². The minimum Gasteiger partial charge on any atom is -0.348 e. The lowest BCUT2D eigenvalue weighted by Gasteiger charge is -2.16. The zero-order chi connectivity index (χ0) is 18.6. The molecule has 0 bridgehead atoms. The topological polar surface area (TPSA) is 61.4 Å². The minimum atomic E-state index is -0.138. The zero-order valence-electron chi connectivity index (χ0n) is 14.6. The summed E-state index contributed by atoms with van der Waals surface area (Å²) in [5, 5.41) is 9.78. The third-order valence-electron chi connectivity index (χ3n) is 4.56. The molecule has 3 aromatic rings. The molecule has 4 rings (SSSR count). The Labute approximate surface area is 161 Å². The van der Waals surface area contributed by atoms with Gasteiger partial charge in [-0.25, -0.2) is 4.79 Å². The van der Waals surface area contributed by atoms with E-state index in [0.29, 0.717) is 30.9 Å². The van der Waals surface area contributed by atoms with Crippen molar-refractivity contribution in [2.24, 2.45) is 0 Å². The summed E-state index contributed by atoms with van der Waals surface area (Å²) in [6.07, 6.45) is 0. The van der Waals surface area contributed by atoms with Crippen molar-refractivity contribution >= 4 is 29.0 Å². The highest BCUT2D eigenvalue weighted by molar-refractivity contribution is 7.07. The lowest BCUT2D eigenvalue weighted by Crippen LogP contribution is -2.30. The number of carbonyl (C=O) groups is 2. The maximum absolute atomic E-state index is 12.5. The van der Waals surface area contributed by atoms with Gasteiger partial charge in [0.2, 0.25) is 0 Å². The van der Waals surface area contributed by atoms with E-state index in [0.717, 1.165) is 5.56 Å². The van der Waals surface area contributed by atoms with Crippen LogP contribution in [0, 0.1) is 0 Å². The molecule has 0 unspecified atom stereocenters. The van der Waals surface area contributed by atoms with Gasteiger partial charge in [0.25, 0.3) is 5.91 Å². The Balaban J connectivity index is 1.32. The molecule has 5 nitrogen and oxygen atoms in total. The Hall–Kier alpha value is -3.12. The summed E-state index contributed by atoms with van der Waals surface area (Å²) in [5.74, 6) is -0.130. The molecule has 2 aromatic carbocycles. The molecule has 2 N–H and O–H groups in total. The molecule has 136 valence electrons. The van der Waals surface area contributed by atoms with Gasteiger partial charge < -0.3 is 15.5 Å². The maximum Gasteiger partial charge on any atom is 0.322 e. The molecular formula is C21H19N3O2S. The van der Waals surface area contributed by atoms with Crippen molar-refractivity contribution in [3.8, 4) is 0 Å². The van der Waals surface area contributed by atoms with Gasteiger partial charge in [0.15, 0.2) is 0 Å². The lowest BCUT2D eigenvalue weighted by atomic mass is 10.1. The number of amides is 3. The lowest BCUT2D eigenvalue weighted by molar-refractivity contribution is 0.0951. The van der Waals surface area contributed by atoms with Crippen LogP contribution in [0.15, 0.2) is 65.4 Å². The number of nitrogens with zero attached hydrogens (tertiary/aromatic N) is 1. The Morgan fingerprint density at radius 2 is 1.67 bits per heavy atom. The highest BCUT2D eigenvalue weighted by Gasteiger charge is 2.22. The predicted octanol–water partition coefficient (Wildman–Crippen LogP) is 4.23. The number of nitrogens with one attached hydrogen (secondary N) is 2. The molecule has 0 saturated heterocycles. The van der Waals surface area contributed by atoms with Gasteiger partial charge in [-0.3, -0.25) is 4.79 Å². The first-order chi connectivity index (χ1) is 13.2. The first kappa shape index (κ1) is 17.3. The molecule has 6 heteroatoms. The average molecular weight is 377 g/mol. The number of benzene rings is 2. The van der Waals surface area contributed by atoms with E-state index in [4.69, 9.17) is 0 Å². The van der Waals surface area contributed by atoms with Gasteiger partial charge in [-0.05, 0) is 57.8 Å². The van der Waals surface area contributed by atoms with Crippen LogP contribution in [0.2, 0.25) is 0 Å². The molecule has 2 heterocycles. The molecule has 3 amide bonds. The van der Waals surface area contributed by atoms with Gasteiger partial charge in [-0.2, -0.15) is 11.3 Å². The molecule has 0 saturated carbocycles. The minimum absolute atomic E-state index is 0.130. The van der Waals surface area contributed by atoms with Crippen molar-refractivity contribution in [3.05, 3.63) is 87.6 Å². The molecule has 27 heavy (non-hydrogen) atoms. The highest BCUT2D eigenvalue weighted by atomic mass is 32.1. The number of hydrogen-bond donors (Lipinski definition) is 2. The summed E-state index contributed by atoms with van der Waals surface area (Å²) >= 11 is 1.61. The van der Waals surface area contributed by atoms with Crippen molar-refractivity contribution in [2.45, 2.75) is 19.6 Å². The number of fused-ring (bicyclic) bond motifs is 1. The number of thiophene rings is 1. The number of carbonyl (C=O) groups excluding carboxylic acids is 2. The second-order valence-electron chi connectivity index (χ2n) is 6.45. The average Bonchev–Trinajstić information content (AvgIpc) is 3.36. The third kappa shape index (κ3) is 4.01. The smallest absolute Gasteiger partial charge is 0.322 e. The van der Waals surface area contributed by atoms with E-state index in [1.54, 1.807) is 40.5 Å². The first-order valence-corrected chi connectivity index (χ1v) is 9.65. The van der Waals surface area contributed by atoms with E-state index in [9.17, 15) is 9.59 Å². The monoisotopic (exact) mass is 377 g/mol. The van der Waals surface area contributed by atoms with Gasteiger partial charge in [-0.1, -0.05) is 24.3 Å². The van der Waals surface area contributed by atoms with Crippen LogP contribution in [0.3, 0.4) is 0 Å². The quantitative estimate of drug-likeness (QED) is 0.715. The number of rotatable bonds is 4. The predicted molar refractivity (Wildman–Crippen MR) is 107 cm³/mol. The summed E-state index contributed by atoms with van der Waals surface area (Å²) in [5.41, 5.74) is 4.70. The Bertz CT molecular complexity index is 927. The van der Waals surface area contributed by atoms with Crippen molar-refractivity contribution in [3.63, 3.8) is 0 Å². The van der Waals surface area contributed by atoms with Crippen molar-refractivity contribution in [2.75, 3.05) is 5.32 Å². The Morgan fingerprint density at radius 1 is 0.963 bits per heavy atom. The molecule has 0 radical (unpaired) electrons. The zero-order valence-corrected chi connectivity index (χ0v) is 15.5. The Morgan fingerprint density at radius 3 is 2.30 bits per heavy atom. The van der Waals surface area contributed by atoms with Crippen LogP contribution >= 0.6 is 11.3 Å². The van der Waals surface area contributed by atoms with Crippen LogP contribution in [-0.4, -0.2) is 16.8 Å². The second kappa shape index (κ2) is 7.63. The summed E-state index contributed by atoms with van der Waals surface area (Å²) < 4.78 is 0. The van der Waals surface area contributed by atoms with Crippen LogP contribution in [0.1, 0.15) is 27.0 Å². The van der Waals surface area contributed by atoms with Gasteiger partial charge in [0.05, 0.1) is 0 Å². The Kier molecular flexibility index (Phi) is 4.89. The fourth-order valence-electron chi connectivity index (χ4n) is 3.06. The summed E-state index contributed by atoms with van der Waals surface area (Å²) in [6, 6.07) is 16.9. The standard InChI is InChI=1S/C21H19N3O2S/c25-20(22-11-15-9-10-27-14-15)16-5-7-19(8-6-16)23-21(26)24-12-17-3-1-2-4-18(17)13-24/h1-10,14H,11-13H2,(H,22,25)(H,23,26). The number of hydrogen-bond acceptors (Lipinski definition) is 3. The van der Waals surface area contributed by atoms with Crippen LogP contribution in [0.4, 0.5) is 10.5 Å². The fourth-order valence-corrected chi connectivity index (χ4v) is 3.73. The molecule has 0 spiro atoms. The molecule has 0 atom stereocenters. The van der Waals surface area contributed by atoms with Crippen molar-refractivity contribution in [1.29, 1.82) is 0 Å². The summed E-state index contributed by atoms with van der Waals surface area (Å²) in [4.78, 5) is 26.4. The van der Waals surface area contributed by atoms with Gasteiger partial charge in [0, 0.05) is 30.9 Å². The largest absolute Gasteiger partial charge is 0.348 e. The molecule has 1 aromatic heterocycles. The van der Waals surface area contributed by atoms with Crippen LogP contribution in [0.25, 0.3) is 0 Å². The SMILES string of the molecule is O=C(NCc1ccsc1)c1ccc(NC(=O)N2Cc3ccccc3C2)cc1. The summed E-state index contributed by atoms with van der Waals surface area (Å²) in [6.45, 7) is 1.74. The normalized spacial score (nSPS) is 12.5. The molecule has 0 aliphatic carbocycles. The van der Waals surface area contributed by atoms with Gasteiger partial charge in [0.1, 0.15) is 0 Å². The van der Waals surface area contributed by atoms with E-state index in [-0.39, 0.29) is 11.9 Å². The number of urea groups is 1.